The van der Waals surface area contributed by atoms with Crippen molar-refractivity contribution in [1.29, 1.82) is 5.26 Å². The molecule has 2 fully saturated rings. The number of hydrogen-bond acceptors (Lipinski definition) is 8. The number of nitrogens with zero attached hydrogens (tertiary/aromatic N) is 6. The van der Waals surface area contributed by atoms with Crippen LogP contribution in [-0.4, -0.2) is 74.1 Å². The number of likely N-dealkylation sites (tertiary alicyclic amines) is 1. The Morgan fingerprint density at radius 2 is 2.11 bits per heavy atom. The number of nitriles is 1. The molecule has 4 heterocycles. The lowest BCUT2D eigenvalue weighted by Gasteiger charge is -2.44. The maximum absolute atomic E-state index is 12.1. The van der Waals surface area contributed by atoms with E-state index in [1.807, 2.05) is 23.5 Å². The van der Waals surface area contributed by atoms with Gasteiger partial charge in [0, 0.05) is 31.9 Å². The van der Waals surface area contributed by atoms with Crippen LogP contribution in [-0.2, 0) is 11.3 Å². The first-order valence-corrected chi connectivity index (χ1v) is 8.75. The van der Waals surface area contributed by atoms with Crippen molar-refractivity contribution in [3.63, 3.8) is 0 Å². The molecule has 0 aromatic carbocycles. The van der Waals surface area contributed by atoms with Crippen molar-refractivity contribution in [3.05, 3.63) is 30.1 Å². The molecule has 2 N–H and O–H groups in total. The highest BCUT2D eigenvalue weighted by Crippen LogP contribution is 2.33. The zero-order valence-electron chi connectivity index (χ0n) is 14.5. The molecule has 0 spiro atoms. The number of hydrogen-bond donors (Lipinski definition) is 2. The van der Waals surface area contributed by atoms with E-state index in [2.05, 4.69) is 14.9 Å². The summed E-state index contributed by atoms with van der Waals surface area (Å²) in [4.78, 5) is 37.0. The smallest absolute Gasteiger partial charge is 0.339 e. The van der Waals surface area contributed by atoms with E-state index in [4.69, 9.17) is 0 Å². The molecule has 0 radical (unpaired) electrons. The number of aliphatic hydroxyl groups is 1. The summed E-state index contributed by atoms with van der Waals surface area (Å²) < 4.78 is 0. The summed E-state index contributed by atoms with van der Waals surface area (Å²) in [5, 5.41) is 21.9. The molecule has 1 aromatic rings. The monoisotopic (exact) mass is 369 g/mol. The molecule has 3 amide bonds. The number of carbonyl (C=O) groups excluding carboxylic acids is 2. The zero-order valence-corrected chi connectivity index (χ0v) is 14.5. The molecule has 4 rings (SSSR count). The fourth-order valence-corrected chi connectivity index (χ4v) is 3.83. The summed E-state index contributed by atoms with van der Waals surface area (Å²) in [5.74, 6) is -0.907. The molecular formula is C17H19N7O3. The van der Waals surface area contributed by atoms with Gasteiger partial charge in [0.1, 0.15) is 0 Å². The number of carbonyl (C=O) groups is 2. The standard InChI is InChI=1S/C17H19N7O3/c18-10-23-15-17(27,14(25)21-16(23)26)20-11-24(15)13-4-7-22(8-5-13)9-12-3-1-2-6-19-12/h1-3,6,11,13,15,27H,4-5,7-9H2,(H,21,25,26). The number of pyridine rings is 1. The quantitative estimate of drug-likeness (QED) is 0.684. The van der Waals surface area contributed by atoms with Crippen LogP contribution in [0.5, 0.6) is 0 Å². The summed E-state index contributed by atoms with van der Waals surface area (Å²) in [5.41, 5.74) is -1.16. The molecule has 2 unspecified atom stereocenters. The number of aromatic nitrogens is 1. The van der Waals surface area contributed by atoms with Crippen LogP contribution < -0.4 is 5.32 Å². The average molecular weight is 369 g/mol. The van der Waals surface area contributed by atoms with E-state index in [1.165, 1.54) is 6.34 Å². The van der Waals surface area contributed by atoms with E-state index in [0.717, 1.165) is 43.1 Å². The highest BCUT2D eigenvalue weighted by Gasteiger charge is 2.60. The van der Waals surface area contributed by atoms with Crippen LogP contribution in [0.1, 0.15) is 18.5 Å². The van der Waals surface area contributed by atoms with E-state index in [1.54, 1.807) is 17.3 Å². The lowest BCUT2D eigenvalue weighted by Crippen LogP contribution is -2.71. The molecule has 10 heteroatoms. The Morgan fingerprint density at radius 3 is 2.78 bits per heavy atom. The number of imide groups is 1. The van der Waals surface area contributed by atoms with Gasteiger partial charge in [-0.25, -0.2) is 14.7 Å². The maximum atomic E-state index is 12.1. The molecule has 3 aliphatic heterocycles. The molecule has 10 nitrogen and oxygen atoms in total. The molecule has 3 aliphatic rings. The lowest BCUT2D eigenvalue weighted by molar-refractivity contribution is -0.152. The van der Waals surface area contributed by atoms with Crippen molar-refractivity contribution >= 4 is 18.3 Å². The average Bonchev–Trinajstić information content (AvgIpc) is 3.03. The van der Waals surface area contributed by atoms with Gasteiger partial charge in [-0.2, -0.15) is 5.26 Å². The molecule has 140 valence electrons. The van der Waals surface area contributed by atoms with E-state index in [-0.39, 0.29) is 6.04 Å². The molecule has 1 aromatic heterocycles. The molecule has 0 bridgehead atoms. The van der Waals surface area contributed by atoms with Crippen LogP contribution >= 0.6 is 0 Å². The Bertz CT molecular complexity index is 816. The zero-order chi connectivity index (χ0) is 19.0. The minimum Gasteiger partial charge on any atom is -0.359 e. The number of fused-ring (bicyclic) bond motifs is 1. The molecule has 27 heavy (non-hydrogen) atoms. The minimum atomic E-state index is -2.16. The van der Waals surface area contributed by atoms with Crippen molar-refractivity contribution in [3.8, 4) is 6.19 Å². The lowest BCUT2D eigenvalue weighted by atomic mass is 10.00. The van der Waals surface area contributed by atoms with Gasteiger partial charge in [-0.05, 0) is 25.0 Å². The number of urea groups is 1. The van der Waals surface area contributed by atoms with Gasteiger partial charge >= 0.3 is 6.03 Å². The van der Waals surface area contributed by atoms with Crippen LogP contribution in [0, 0.1) is 11.5 Å². The van der Waals surface area contributed by atoms with Crippen molar-refractivity contribution < 1.29 is 14.7 Å². The van der Waals surface area contributed by atoms with Gasteiger partial charge < -0.3 is 10.0 Å². The predicted octanol–water partition coefficient (Wildman–Crippen LogP) is -0.563. The Kier molecular flexibility index (Phi) is 4.25. The van der Waals surface area contributed by atoms with E-state index < -0.39 is 23.8 Å². The fourth-order valence-electron chi connectivity index (χ4n) is 3.83. The third-order valence-electron chi connectivity index (χ3n) is 5.25. The Balaban J connectivity index is 1.45. The van der Waals surface area contributed by atoms with Gasteiger partial charge in [-0.15, -0.1) is 0 Å². The topological polar surface area (TPSA) is 125 Å². The molecular weight excluding hydrogens is 350 g/mol. The van der Waals surface area contributed by atoms with Crippen molar-refractivity contribution in [2.75, 3.05) is 13.1 Å². The first-order chi connectivity index (χ1) is 13.0. The van der Waals surface area contributed by atoms with Crippen LogP contribution in [0.2, 0.25) is 0 Å². The SMILES string of the molecule is N#CN1C(=O)NC(=O)C2(O)N=CN(C3CCN(Cc4ccccn4)CC3)C12. The second-order valence-corrected chi connectivity index (χ2v) is 6.85. The first-order valence-electron chi connectivity index (χ1n) is 8.75. The highest BCUT2D eigenvalue weighted by molar-refractivity contribution is 6.04. The van der Waals surface area contributed by atoms with Crippen molar-refractivity contribution in [2.24, 2.45) is 4.99 Å². The molecule has 0 aliphatic carbocycles. The Labute approximate surface area is 155 Å². The molecule has 0 saturated carbocycles. The van der Waals surface area contributed by atoms with Gasteiger partial charge in [-0.1, -0.05) is 6.07 Å². The van der Waals surface area contributed by atoms with E-state index in [0.29, 0.717) is 0 Å². The minimum absolute atomic E-state index is 0.0395. The van der Waals surface area contributed by atoms with Crippen LogP contribution in [0.4, 0.5) is 4.79 Å². The Morgan fingerprint density at radius 1 is 1.33 bits per heavy atom. The van der Waals surface area contributed by atoms with Crippen LogP contribution in [0.3, 0.4) is 0 Å². The van der Waals surface area contributed by atoms with Gasteiger partial charge in [0.25, 0.3) is 11.6 Å². The first kappa shape index (κ1) is 17.4. The highest BCUT2D eigenvalue weighted by atomic mass is 16.3. The maximum Gasteiger partial charge on any atom is 0.339 e. The largest absolute Gasteiger partial charge is 0.359 e. The van der Waals surface area contributed by atoms with Gasteiger partial charge in [0.15, 0.2) is 12.4 Å². The number of nitrogens with one attached hydrogen (secondary N) is 1. The summed E-state index contributed by atoms with van der Waals surface area (Å²) in [6, 6.07) is 4.93. The number of rotatable bonds is 3. The number of amides is 3. The Hall–Kier alpha value is -3.03. The molecule has 2 atom stereocenters. The van der Waals surface area contributed by atoms with Gasteiger partial charge in [0.2, 0.25) is 0 Å². The third kappa shape index (κ3) is 2.90. The second-order valence-electron chi connectivity index (χ2n) is 6.85. The van der Waals surface area contributed by atoms with Crippen molar-refractivity contribution in [1.82, 2.24) is 25.0 Å². The normalized spacial score (nSPS) is 28.8. The second kappa shape index (κ2) is 6.61. The molecule has 2 saturated heterocycles. The van der Waals surface area contributed by atoms with Gasteiger partial charge in [-0.3, -0.25) is 20.0 Å². The van der Waals surface area contributed by atoms with Gasteiger partial charge in [0.05, 0.1) is 12.0 Å². The number of piperidine rings is 1. The summed E-state index contributed by atoms with van der Waals surface area (Å²) >= 11 is 0. The fraction of sp³-hybridized carbons (Fsp3) is 0.471. The summed E-state index contributed by atoms with van der Waals surface area (Å²) in [6.45, 7) is 2.34. The third-order valence-corrected chi connectivity index (χ3v) is 5.25. The van der Waals surface area contributed by atoms with E-state index >= 15 is 0 Å². The number of aliphatic imine (C=N–C) groups is 1. The summed E-state index contributed by atoms with van der Waals surface area (Å²) in [6.07, 6.45) is 5.26. The van der Waals surface area contributed by atoms with Crippen molar-refractivity contribution in [2.45, 2.75) is 37.3 Å². The summed E-state index contributed by atoms with van der Waals surface area (Å²) in [7, 11) is 0. The van der Waals surface area contributed by atoms with Crippen LogP contribution in [0.25, 0.3) is 0 Å². The van der Waals surface area contributed by atoms with E-state index in [9.17, 15) is 20.0 Å². The predicted molar refractivity (Wildman–Crippen MR) is 92.6 cm³/mol. The van der Waals surface area contributed by atoms with Crippen LogP contribution in [0.15, 0.2) is 29.4 Å².